The quantitative estimate of drug-likeness (QED) is 0.453. The first kappa shape index (κ1) is 25.4. The predicted molar refractivity (Wildman–Crippen MR) is 120 cm³/mol. The van der Waals surface area contributed by atoms with Crippen LogP contribution in [0.5, 0.6) is 0 Å². The Bertz CT molecular complexity index is 628. The van der Waals surface area contributed by atoms with Crippen LogP contribution in [0.25, 0.3) is 0 Å². The van der Waals surface area contributed by atoms with Gasteiger partial charge in [0.05, 0.1) is 6.04 Å². The molecule has 4 atom stereocenters. The summed E-state index contributed by atoms with van der Waals surface area (Å²) in [6.07, 6.45) is 6.87. The number of rotatable bonds is 5. The van der Waals surface area contributed by atoms with E-state index < -0.39 is 35.7 Å². The van der Waals surface area contributed by atoms with E-state index in [1.54, 1.807) is 34.7 Å². The second kappa shape index (κ2) is 11.2. The normalized spacial score (nSPS) is 24.8. The molecule has 1 saturated carbocycles. The summed E-state index contributed by atoms with van der Waals surface area (Å²) in [6, 6.07) is -0.314. The molecule has 0 aromatic rings. The molecule has 31 heavy (non-hydrogen) atoms. The van der Waals surface area contributed by atoms with Gasteiger partial charge in [0.2, 0.25) is 0 Å². The lowest BCUT2D eigenvalue weighted by molar-refractivity contribution is -0.150. The van der Waals surface area contributed by atoms with Crippen LogP contribution in [-0.4, -0.2) is 60.3 Å². The molecule has 8 heteroatoms. The molecule has 3 N–H and O–H groups in total. The first-order valence-electron chi connectivity index (χ1n) is 11.8. The van der Waals surface area contributed by atoms with Gasteiger partial charge in [0.1, 0.15) is 11.8 Å². The lowest BCUT2D eigenvalue weighted by Gasteiger charge is -2.43. The third-order valence-corrected chi connectivity index (χ3v) is 6.36. The smallest absolute Gasteiger partial charge is 0.407 e. The highest BCUT2D eigenvalue weighted by molar-refractivity contribution is 6.35. The van der Waals surface area contributed by atoms with Gasteiger partial charge < -0.3 is 20.3 Å². The molecule has 0 spiro atoms. The van der Waals surface area contributed by atoms with Crippen LogP contribution in [-0.2, 0) is 14.3 Å². The van der Waals surface area contributed by atoms with Crippen LogP contribution in [0.2, 0.25) is 0 Å². The Morgan fingerprint density at radius 2 is 1.65 bits per heavy atom. The van der Waals surface area contributed by atoms with E-state index in [9.17, 15) is 14.4 Å². The summed E-state index contributed by atoms with van der Waals surface area (Å²) in [5.74, 6) is -0.214. The van der Waals surface area contributed by atoms with E-state index >= 15 is 0 Å². The Kier molecular flexibility index (Phi) is 9.15. The average Bonchev–Trinajstić information content (AvgIpc) is 2.70. The number of likely N-dealkylation sites (tertiary alicyclic amines) is 1. The highest BCUT2D eigenvalue weighted by atomic mass is 16.6. The van der Waals surface area contributed by atoms with Gasteiger partial charge in [0.15, 0.2) is 0 Å². The van der Waals surface area contributed by atoms with Gasteiger partial charge in [-0.25, -0.2) is 4.79 Å². The Hall–Kier alpha value is -1.83. The second-order valence-electron chi connectivity index (χ2n) is 10.3. The van der Waals surface area contributed by atoms with Crippen molar-refractivity contribution in [1.29, 1.82) is 0 Å². The zero-order valence-electron chi connectivity index (χ0n) is 20.1. The molecule has 1 saturated heterocycles. The maximum atomic E-state index is 13.2. The first-order chi connectivity index (χ1) is 14.5. The monoisotopic (exact) mass is 438 g/mol. The molecule has 2 rings (SSSR count). The minimum atomic E-state index is -0.632. The van der Waals surface area contributed by atoms with E-state index in [-0.39, 0.29) is 6.04 Å². The van der Waals surface area contributed by atoms with Crippen molar-refractivity contribution in [3.8, 4) is 0 Å². The van der Waals surface area contributed by atoms with Gasteiger partial charge in [-0.1, -0.05) is 26.2 Å². The summed E-state index contributed by atoms with van der Waals surface area (Å²) < 4.78 is 5.28. The third kappa shape index (κ3) is 7.66. The van der Waals surface area contributed by atoms with Crippen LogP contribution in [0.3, 0.4) is 0 Å². The Labute approximate surface area is 187 Å². The van der Waals surface area contributed by atoms with Gasteiger partial charge in [0.25, 0.3) is 0 Å². The number of likely N-dealkylation sites (N-methyl/N-ethyl adjacent to an activating group) is 1. The molecule has 2 aliphatic rings. The van der Waals surface area contributed by atoms with Crippen LogP contribution in [0, 0.1) is 11.8 Å². The highest BCUT2D eigenvalue weighted by Gasteiger charge is 2.38. The number of nitrogens with zero attached hydrogens (tertiary/aromatic N) is 1. The van der Waals surface area contributed by atoms with E-state index in [0.717, 1.165) is 25.7 Å². The number of alkyl carbamates (subject to hydrolysis) is 1. The van der Waals surface area contributed by atoms with Crippen molar-refractivity contribution in [3.63, 3.8) is 0 Å². The lowest BCUT2D eigenvalue weighted by atomic mass is 9.78. The summed E-state index contributed by atoms with van der Waals surface area (Å²) in [5.41, 5.74) is -0.614. The number of nitrogens with one attached hydrogen (secondary N) is 3. The number of piperidine rings is 1. The van der Waals surface area contributed by atoms with E-state index in [4.69, 9.17) is 4.74 Å². The molecule has 1 aliphatic heterocycles. The second-order valence-corrected chi connectivity index (χ2v) is 10.3. The molecule has 0 aromatic heterocycles. The molecule has 0 radical (unpaired) electrons. The molecule has 178 valence electrons. The zero-order valence-corrected chi connectivity index (χ0v) is 20.1. The van der Waals surface area contributed by atoms with Crippen molar-refractivity contribution < 1.29 is 19.1 Å². The minimum Gasteiger partial charge on any atom is -0.444 e. The topological polar surface area (TPSA) is 99.8 Å². The summed E-state index contributed by atoms with van der Waals surface area (Å²) in [5, 5.41) is 8.44. The molecule has 1 aliphatic carbocycles. The summed E-state index contributed by atoms with van der Waals surface area (Å²) >= 11 is 0. The number of amides is 3. The molecular formula is C23H42N4O4. The fourth-order valence-electron chi connectivity index (χ4n) is 4.77. The predicted octanol–water partition coefficient (Wildman–Crippen LogP) is 2.77. The summed E-state index contributed by atoms with van der Waals surface area (Å²) in [7, 11) is 1.68. The lowest BCUT2D eigenvalue weighted by Crippen LogP contribution is -2.61. The van der Waals surface area contributed by atoms with Gasteiger partial charge in [-0.15, -0.1) is 0 Å². The first-order valence-corrected chi connectivity index (χ1v) is 11.8. The van der Waals surface area contributed by atoms with Crippen molar-refractivity contribution >= 4 is 17.9 Å². The van der Waals surface area contributed by atoms with Crippen molar-refractivity contribution in [1.82, 2.24) is 20.9 Å². The summed E-state index contributed by atoms with van der Waals surface area (Å²) in [6.45, 7) is 9.88. The van der Waals surface area contributed by atoms with Crippen molar-refractivity contribution in [2.45, 2.75) is 103 Å². The van der Waals surface area contributed by atoms with Crippen LogP contribution in [0.1, 0.15) is 79.6 Å². The fourth-order valence-corrected chi connectivity index (χ4v) is 4.77. The van der Waals surface area contributed by atoms with Crippen LogP contribution in [0.15, 0.2) is 0 Å². The third-order valence-electron chi connectivity index (χ3n) is 6.36. The van der Waals surface area contributed by atoms with Gasteiger partial charge >= 0.3 is 17.9 Å². The van der Waals surface area contributed by atoms with Crippen LogP contribution < -0.4 is 16.0 Å². The fraction of sp³-hybridized carbons (Fsp3) is 0.870. The SMILES string of the molecule is CN[C@@H](NC(=O)C(=O)N1C[C@H](C)CC[C@H]1C1CCCCC1)C(C)NC(=O)OC(C)(C)C. The van der Waals surface area contributed by atoms with Crippen LogP contribution in [0.4, 0.5) is 4.79 Å². The van der Waals surface area contributed by atoms with Gasteiger partial charge in [0, 0.05) is 12.6 Å². The van der Waals surface area contributed by atoms with Crippen molar-refractivity contribution in [2.75, 3.05) is 13.6 Å². The minimum absolute atomic E-state index is 0.153. The van der Waals surface area contributed by atoms with E-state index in [0.29, 0.717) is 18.4 Å². The van der Waals surface area contributed by atoms with Crippen molar-refractivity contribution in [2.24, 2.45) is 11.8 Å². The number of ether oxygens (including phenoxy) is 1. The molecule has 2 fully saturated rings. The van der Waals surface area contributed by atoms with E-state index in [2.05, 4.69) is 22.9 Å². The average molecular weight is 439 g/mol. The maximum absolute atomic E-state index is 13.2. The van der Waals surface area contributed by atoms with E-state index in [1.807, 2.05) is 4.90 Å². The number of hydrogen-bond donors (Lipinski definition) is 3. The Balaban J connectivity index is 2.00. The molecular weight excluding hydrogens is 396 g/mol. The standard InChI is InChI=1S/C23H42N4O4/c1-15-12-13-18(17-10-8-7-9-11-17)27(14-15)21(29)20(28)26-19(24-6)16(2)25-22(30)31-23(3,4)5/h15-19,24H,7-14H2,1-6H3,(H,25,30)(H,26,28)/t15-,16?,18+,19+/m1/s1. The highest BCUT2D eigenvalue weighted by Crippen LogP contribution is 2.35. The van der Waals surface area contributed by atoms with E-state index in [1.165, 1.54) is 19.3 Å². The molecule has 0 aromatic carbocycles. The molecule has 1 unspecified atom stereocenters. The maximum Gasteiger partial charge on any atom is 0.407 e. The number of carbonyl (C=O) groups excluding carboxylic acids is 3. The zero-order chi connectivity index (χ0) is 23.2. The Morgan fingerprint density at radius 1 is 1.00 bits per heavy atom. The molecule has 0 bridgehead atoms. The van der Waals surface area contributed by atoms with Gasteiger partial charge in [-0.05, 0) is 72.3 Å². The number of carbonyl (C=O) groups is 3. The van der Waals surface area contributed by atoms with Gasteiger partial charge in [-0.2, -0.15) is 0 Å². The van der Waals surface area contributed by atoms with Gasteiger partial charge in [-0.3, -0.25) is 14.9 Å². The van der Waals surface area contributed by atoms with Crippen molar-refractivity contribution in [3.05, 3.63) is 0 Å². The molecule has 8 nitrogen and oxygen atoms in total. The number of hydrogen-bond acceptors (Lipinski definition) is 5. The summed E-state index contributed by atoms with van der Waals surface area (Å²) in [4.78, 5) is 39.9. The largest absolute Gasteiger partial charge is 0.444 e. The molecule has 1 heterocycles. The van der Waals surface area contributed by atoms with Crippen LogP contribution >= 0.6 is 0 Å². The Morgan fingerprint density at radius 3 is 2.23 bits per heavy atom. The molecule has 3 amide bonds.